The average molecular weight is 347 g/mol. The van der Waals surface area contributed by atoms with Crippen molar-refractivity contribution in [1.82, 2.24) is 19.5 Å². The van der Waals surface area contributed by atoms with E-state index in [1.54, 1.807) is 12.7 Å². The van der Waals surface area contributed by atoms with Crippen LogP contribution in [0.1, 0.15) is 5.56 Å². The predicted molar refractivity (Wildman–Crippen MR) is 85.5 cm³/mol. The van der Waals surface area contributed by atoms with Gasteiger partial charge in [0.25, 0.3) is 0 Å². The van der Waals surface area contributed by atoms with Crippen LogP contribution in [0, 0.1) is 5.41 Å². The molecule has 0 aliphatic rings. The minimum Gasteiger partial charge on any atom is -0.340 e. The van der Waals surface area contributed by atoms with Crippen molar-refractivity contribution in [3.05, 3.63) is 78.3 Å². The first-order valence-electron chi connectivity index (χ1n) is 7.15. The standard InChI is InChI=1S/C12H12N5.C5H5.Fe/c13-11-10-12(15-7-14-10)16-8-17(11)6-5-9-3-1-2-4-9;1-2-4-5-3-1;/h1-4,7-8,13H,5-6H2,(H,14,15);1-5H;/q2*-1;+2. The minimum atomic E-state index is 0. The van der Waals surface area contributed by atoms with Gasteiger partial charge in [-0.15, -0.1) is 0 Å². The summed E-state index contributed by atoms with van der Waals surface area (Å²) in [5.74, 6) is 0. The van der Waals surface area contributed by atoms with Crippen molar-refractivity contribution < 1.29 is 17.1 Å². The second-order valence-electron chi connectivity index (χ2n) is 4.89. The summed E-state index contributed by atoms with van der Waals surface area (Å²) in [6.45, 7) is 0.755. The Morgan fingerprint density at radius 2 is 1.87 bits per heavy atom. The third-order valence-corrected chi connectivity index (χ3v) is 3.39. The number of hydrogen-bond donors (Lipinski definition) is 2. The fourth-order valence-corrected chi connectivity index (χ4v) is 2.21. The van der Waals surface area contributed by atoms with Gasteiger partial charge >= 0.3 is 17.1 Å². The van der Waals surface area contributed by atoms with Crippen LogP contribution in [0.2, 0.25) is 0 Å². The number of nitrogens with zero attached hydrogens (tertiary/aromatic N) is 3. The van der Waals surface area contributed by atoms with Crippen LogP contribution in [0.15, 0.2) is 67.3 Å². The average Bonchev–Trinajstić information content (AvgIpc) is 3.29. The zero-order valence-corrected chi connectivity index (χ0v) is 13.6. The number of aryl methyl sites for hydroxylation is 2. The minimum absolute atomic E-state index is 0. The van der Waals surface area contributed by atoms with E-state index in [9.17, 15) is 0 Å². The Bertz CT molecular complexity index is 839. The summed E-state index contributed by atoms with van der Waals surface area (Å²) in [6.07, 6.45) is 4.15. The van der Waals surface area contributed by atoms with Crippen molar-refractivity contribution >= 4 is 11.2 Å². The molecule has 0 atom stereocenters. The first kappa shape index (κ1) is 16.9. The normalized spacial score (nSPS) is 9.91. The van der Waals surface area contributed by atoms with Gasteiger partial charge in [-0.25, -0.2) is 34.2 Å². The summed E-state index contributed by atoms with van der Waals surface area (Å²) in [6, 6.07) is 18.2. The van der Waals surface area contributed by atoms with Crippen LogP contribution in [0.4, 0.5) is 0 Å². The van der Waals surface area contributed by atoms with E-state index in [0.717, 1.165) is 13.0 Å². The summed E-state index contributed by atoms with van der Waals surface area (Å²) in [5, 5.41) is 8.04. The van der Waals surface area contributed by atoms with Crippen molar-refractivity contribution in [3.63, 3.8) is 0 Å². The van der Waals surface area contributed by atoms with Crippen molar-refractivity contribution in [2.75, 3.05) is 0 Å². The summed E-state index contributed by atoms with van der Waals surface area (Å²) < 4.78 is 1.83. The molecule has 118 valence electrons. The van der Waals surface area contributed by atoms with Gasteiger partial charge in [-0.1, -0.05) is 6.42 Å². The van der Waals surface area contributed by atoms with E-state index < -0.39 is 0 Å². The number of imidazole rings is 1. The molecule has 2 aromatic carbocycles. The molecule has 0 spiro atoms. The van der Waals surface area contributed by atoms with Crippen LogP contribution in [0.3, 0.4) is 0 Å². The number of aromatic nitrogens is 4. The monoisotopic (exact) mass is 347 g/mol. The van der Waals surface area contributed by atoms with Gasteiger partial charge in [0.05, 0.1) is 12.7 Å². The van der Waals surface area contributed by atoms with E-state index in [0.29, 0.717) is 16.7 Å². The second kappa shape index (κ2) is 8.27. The van der Waals surface area contributed by atoms with Gasteiger partial charge in [0.1, 0.15) is 5.52 Å². The molecule has 23 heavy (non-hydrogen) atoms. The Labute approximate surface area is 144 Å². The van der Waals surface area contributed by atoms with Gasteiger partial charge in [-0.3, -0.25) is 5.41 Å². The molecular weight excluding hydrogens is 330 g/mol. The van der Waals surface area contributed by atoms with E-state index in [4.69, 9.17) is 5.41 Å². The molecule has 2 N–H and O–H groups in total. The van der Waals surface area contributed by atoms with Crippen molar-refractivity contribution in [2.24, 2.45) is 0 Å². The molecule has 6 heteroatoms. The molecule has 5 nitrogen and oxygen atoms in total. The fraction of sp³-hybridized carbons (Fsp3) is 0.118. The Morgan fingerprint density at radius 3 is 2.52 bits per heavy atom. The third-order valence-electron chi connectivity index (χ3n) is 3.39. The molecule has 0 saturated heterocycles. The molecule has 4 rings (SSSR count). The molecule has 0 fully saturated rings. The van der Waals surface area contributed by atoms with E-state index >= 15 is 0 Å². The molecule has 4 aromatic rings. The quantitative estimate of drug-likeness (QED) is 0.442. The molecule has 0 saturated carbocycles. The second-order valence-corrected chi connectivity index (χ2v) is 4.89. The van der Waals surface area contributed by atoms with Crippen molar-refractivity contribution in [1.29, 1.82) is 5.41 Å². The Morgan fingerprint density at radius 1 is 1.13 bits per heavy atom. The predicted octanol–water partition coefficient (Wildman–Crippen LogP) is 2.60. The molecule has 0 aliphatic carbocycles. The van der Waals surface area contributed by atoms with Gasteiger partial charge < -0.3 is 9.55 Å². The summed E-state index contributed by atoms with van der Waals surface area (Å²) in [7, 11) is 0. The van der Waals surface area contributed by atoms with Crippen LogP contribution in [0.5, 0.6) is 0 Å². The Kier molecular flexibility index (Phi) is 6.09. The summed E-state index contributed by atoms with van der Waals surface area (Å²) >= 11 is 0. The SMILES string of the molecule is N=c1c2[nH]cnc2ncn1CC[c-]1cccc1.[Fe+2].c1cc[cH-]c1. The van der Waals surface area contributed by atoms with Gasteiger partial charge in [0.15, 0.2) is 11.1 Å². The van der Waals surface area contributed by atoms with Crippen molar-refractivity contribution in [2.45, 2.75) is 13.0 Å². The van der Waals surface area contributed by atoms with E-state index in [1.165, 1.54) is 5.56 Å². The van der Waals surface area contributed by atoms with E-state index in [-0.39, 0.29) is 17.1 Å². The summed E-state index contributed by atoms with van der Waals surface area (Å²) in [5.41, 5.74) is 3.00. The first-order valence-corrected chi connectivity index (χ1v) is 7.15. The topological polar surface area (TPSA) is 70.3 Å². The smallest absolute Gasteiger partial charge is 0.340 e. The summed E-state index contributed by atoms with van der Waals surface area (Å²) in [4.78, 5) is 11.2. The van der Waals surface area contributed by atoms with Gasteiger partial charge in [-0.05, 0) is 0 Å². The van der Waals surface area contributed by atoms with Gasteiger partial charge in [0, 0.05) is 6.54 Å². The van der Waals surface area contributed by atoms with E-state index in [1.807, 2.05) is 47.0 Å². The molecular formula is C17H17FeN5. The van der Waals surface area contributed by atoms with Crippen LogP contribution >= 0.6 is 0 Å². The number of H-pyrrole nitrogens is 1. The molecule has 2 heterocycles. The zero-order valence-electron chi connectivity index (χ0n) is 12.5. The third kappa shape index (κ3) is 4.28. The van der Waals surface area contributed by atoms with Crippen LogP contribution < -0.4 is 5.49 Å². The molecule has 0 unspecified atom stereocenters. The van der Waals surface area contributed by atoms with Crippen LogP contribution in [-0.4, -0.2) is 19.5 Å². The number of rotatable bonds is 3. The van der Waals surface area contributed by atoms with Gasteiger partial charge in [-0.2, -0.15) is 35.9 Å². The zero-order chi connectivity index (χ0) is 15.2. The van der Waals surface area contributed by atoms with Crippen molar-refractivity contribution in [3.8, 4) is 0 Å². The van der Waals surface area contributed by atoms with Crippen LogP contribution in [-0.2, 0) is 30.0 Å². The molecule has 0 amide bonds. The maximum Gasteiger partial charge on any atom is 2.00 e. The maximum atomic E-state index is 8.04. The first-order chi connectivity index (χ1) is 10.8. The molecule has 2 aromatic heterocycles. The Balaban J connectivity index is 0.000000276. The fourth-order valence-electron chi connectivity index (χ4n) is 2.21. The molecule has 0 aliphatic heterocycles. The Hall–Kier alpha value is -2.43. The largest absolute Gasteiger partial charge is 2.00 e. The molecule has 0 radical (unpaired) electrons. The van der Waals surface area contributed by atoms with E-state index in [2.05, 4.69) is 27.1 Å². The molecule has 0 bridgehead atoms. The number of nitrogens with one attached hydrogen (secondary N) is 2. The van der Waals surface area contributed by atoms with Crippen LogP contribution in [0.25, 0.3) is 11.2 Å². The van der Waals surface area contributed by atoms with Gasteiger partial charge in [0.2, 0.25) is 0 Å². The maximum absolute atomic E-state index is 8.04. The number of hydrogen-bond acceptors (Lipinski definition) is 3. The number of aromatic amines is 1. The number of fused-ring (bicyclic) bond motifs is 1.